The van der Waals surface area contributed by atoms with Gasteiger partial charge < -0.3 is 15.3 Å². The highest BCUT2D eigenvalue weighted by Gasteiger charge is 2.47. The fourth-order valence-electron chi connectivity index (χ4n) is 5.19. The Morgan fingerprint density at radius 3 is 2.49 bits per heavy atom. The molecule has 37 heavy (non-hydrogen) atoms. The molecule has 1 aromatic rings. The maximum absolute atomic E-state index is 13.8. The average molecular weight is 553 g/mol. The van der Waals surface area contributed by atoms with E-state index in [1.54, 1.807) is 4.90 Å². The highest BCUT2D eigenvalue weighted by Crippen LogP contribution is 2.44. The van der Waals surface area contributed by atoms with Gasteiger partial charge >= 0.3 is 0 Å². The summed E-state index contributed by atoms with van der Waals surface area (Å²) < 4.78 is 55.7. The molecule has 2 aliphatic heterocycles. The zero-order chi connectivity index (χ0) is 27.4. The molecule has 1 atom stereocenters. The number of carbonyl (C=O) groups excluding carboxylic acids is 1. The van der Waals surface area contributed by atoms with Crippen LogP contribution in [0.1, 0.15) is 66.2 Å². The summed E-state index contributed by atoms with van der Waals surface area (Å²) in [5.41, 5.74) is -0.669. The van der Waals surface area contributed by atoms with Crippen molar-refractivity contribution in [1.82, 2.24) is 4.90 Å². The molecule has 2 heterocycles. The monoisotopic (exact) mass is 552 g/mol. The summed E-state index contributed by atoms with van der Waals surface area (Å²) in [5.74, 6) is -0.808. The van der Waals surface area contributed by atoms with E-state index < -0.39 is 31.4 Å². The van der Waals surface area contributed by atoms with Crippen LogP contribution in [0.2, 0.25) is 0 Å². The highest BCUT2D eigenvalue weighted by atomic mass is 32.2. The zero-order valence-corrected chi connectivity index (χ0v) is 23.6. The molecule has 1 fully saturated rings. The molecule has 0 aromatic heterocycles. The van der Waals surface area contributed by atoms with Crippen molar-refractivity contribution in [3.05, 3.63) is 29.5 Å². The van der Waals surface area contributed by atoms with Crippen LogP contribution in [0.25, 0.3) is 0 Å². The number of hydrogen-bond acceptors (Lipinski definition) is 7. The molecule has 3 N–H and O–H groups in total. The molecule has 1 unspecified atom stereocenters. The first-order valence-electron chi connectivity index (χ1n) is 12.5. The lowest BCUT2D eigenvalue weighted by Crippen LogP contribution is -2.53. The summed E-state index contributed by atoms with van der Waals surface area (Å²) in [6, 6.07) is 4.03. The van der Waals surface area contributed by atoms with E-state index >= 15 is 0 Å². The van der Waals surface area contributed by atoms with Crippen LogP contribution in [0.5, 0.6) is 0 Å². The molecule has 0 bridgehead atoms. The van der Waals surface area contributed by atoms with Gasteiger partial charge in [0.05, 0.1) is 11.9 Å². The Morgan fingerprint density at radius 1 is 1.24 bits per heavy atom. The lowest BCUT2D eigenvalue weighted by atomic mass is 9.73. The molecular weight excluding hydrogens is 516 g/mol. The Balaban J connectivity index is 1.78. The first-order valence-corrected chi connectivity index (χ1v) is 15.8. The number of nitrogens with zero attached hydrogens (tertiary/aromatic N) is 2. The van der Waals surface area contributed by atoms with Gasteiger partial charge in [0.1, 0.15) is 16.2 Å². The first-order chi connectivity index (χ1) is 17.0. The van der Waals surface area contributed by atoms with Crippen LogP contribution in [0, 0.1) is 10.8 Å². The lowest BCUT2D eigenvalue weighted by molar-refractivity contribution is -0.132. The molecule has 0 saturated heterocycles. The fourth-order valence-corrected chi connectivity index (χ4v) is 6.89. The number of carbonyl (C=O) groups is 1. The van der Waals surface area contributed by atoms with E-state index in [4.69, 9.17) is 0 Å². The van der Waals surface area contributed by atoms with Gasteiger partial charge in [-0.2, -0.15) is 8.42 Å². The minimum atomic E-state index is -4.30. The van der Waals surface area contributed by atoms with E-state index in [1.807, 2.05) is 6.92 Å². The van der Waals surface area contributed by atoms with Crippen LogP contribution < -0.4 is 10.0 Å². The Kier molecular flexibility index (Phi) is 6.90. The van der Waals surface area contributed by atoms with Crippen molar-refractivity contribution in [2.24, 2.45) is 15.2 Å². The van der Waals surface area contributed by atoms with Gasteiger partial charge in [0.2, 0.25) is 10.0 Å². The van der Waals surface area contributed by atoms with Crippen molar-refractivity contribution in [1.29, 1.82) is 0 Å². The van der Waals surface area contributed by atoms with Crippen molar-refractivity contribution in [3.8, 4) is 0 Å². The number of hydrogen-bond donors (Lipinski definition) is 3. The Hall–Kier alpha value is -2.60. The number of amidine groups is 1. The number of fused-ring (bicyclic) bond motifs is 1. The minimum absolute atomic E-state index is 0.00367. The molecule has 1 aromatic carbocycles. The molecule has 12 heteroatoms. The second-order valence-electron chi connectivity index (χ2n) is 11.8. The van der Waals surface area contributed by atoms with Crippen LogP contribution >= 0.6 is 0 Å². The number of sulfonamides is 2. The van der Waals surface area contributed by atoms with Gasteiger partial charge in [0.25, 0.3) is 15.9 Å². The van der Waals surface area contributed by atoms with E-state index in [-0.39, 0.29) is 44.9 Å². The number of benzene rings is 1. The number of rotatable bonds is 6. The number of anilines is 2. The smallest absolute Gasteiger partial charge is 0.286 e. The van der Waals surface area contributed by atoms with Crippen molar-refractivity contribution in [2.75, 3.05) is 22.8 Å². The third-order valence-electron chi connectivity index (χ3n) is 7.26. The molecule has 3 aliphatic rings. The quantitative estimate of drug-likeness (QED) is 0.484. The summed E-state index contributed by atoms with van der Waals surface area (Å²) in [6.45, 7) is 8.62. The molecule has 1 saturated carbocycles. The summed E-state index contributed by atoms with van der Waals surface area (Å²) in [5, 5.41) is 14.4. The lowest BCUT2D eigenvalue weighted by Gasteiger charge is -2.44. The normalized spacial score (nSPS) is 24.5. The van der Waals surface area contributed by atoms with Gasteiger partial charge in [-0.05, 0) is 49.3 Å². The largest absolute Gasteiger partial charge is 0.511 e. The standard InChI is InChI=1S/C25H36N4O6S2/c1-24(2,3)12-13-25(4)15-29(17-8-6-7-9-17)23(31)20(21(25)30)22-26-18-11-10-16(27-36(5,32)33)14-19(18)37(34,35)28-22/h10-11,14,17,27,30H,6-9,12-13,15H2,1-5H3,(H,26,28). The number of aliphatic hydroxyl groups excluding tert-OH is 1. The van der Waals surface area contributed by atoms with E-state index in [2.05, 4.69) is 35.2 Å². The van der Waals surface area contributed by atoms with Crippen molar-refractivity contribution < 1.29 is 26.7 Å². The third kappa shape index (κ3) is 5.79. The Bertz CT molecular complexity index is 1390. The fraction of sp³-hybridized carbons (Fsp3) is 0.600. The van der Waals surface area contributed by atoms with Crippen molar-refractivity contribution >= 4 is 43.2 Å². The van der Waals surface area contributed by atoms with Gasteiger partial charge in [-0.25, -0.2) is 8.42 Å². The number of aliphatic hydroxyl groups is 1. The summed E-state index contributed by atoms with van der Waals surface area (Å²) in [6.07, 6.45) is 6.14. The first kappa shape index (κ1) is 27.4. The number of amides is 1. The molecule has 0 spiro atoms. The van der Waals surface area contributed by atoms with E-state index in [0.717, 1.165) is 38.4 Å². The predicted molar refractivity (Wildman–Crippen MR) is 144 cm³/mol. The van der Waals surface area contributed by atoms with Crippen LogP contribution in [0.4, 0.5) is 11.4 Å². The van der Waals surface area contributed by atoms with E-state index in [9.17, 15) is 26.7 Å². The predicted octanol–water partition coefficient (Wildman–Crippen LogP) is 4.00. The average Bonchev–Trinajstić information content (AvgIpc) is 3.29. The Labute approximate surface area is 219 Å². The molecule has 1 amide bonds. The van der Waals surface area contributed by atoms with Gasteiger partial charge in [0, 0.05) is 23.7 Å². The highest BCUT2D eigenvalue weighted by molar-refractivity contribution is 7.92. The summed E-state index contributed by atoms with van der Waals surface area (Å²) >= 11 is 0. The Morgan fingerprint density at radius 2 is 1.89 bits per heavy atom. The molecule has 204 valence electrons. The van der Waals surface area contributed by atoms with E-state index in [0.29, 0.717) is 13.0 Å². The molecule has 1 aliphatic carbocycles. The summed E-state index contributed by atoms with van der Waals surface area (Å²) in [7, 11) is -7.92. The zero-order valence-electron chi connectivity index (χ0n) is 22.0. The third-order valence-corrected chi connectivity index (χ3v) is 9.18. The molecule has 4 rings (SSSR count). The van der Waals surface area contributed by atoms with Gasteiger partial charge in [-0.15, -0.1) is 4.40 Å². The van der Waals surface area contributed by atoms with Gasteiger partial charge in [-0.1, -0.05) is 40.5 Å². The van der Waals surface area contributed by atoms with Crippen LogP contribution in [0.3, 0.4) is 0 Å². The second-order valence-corrected chi connectivity index (χ2v) is 15.2. The topological polar surface area (TPSA) is 145 Å². The maximum atomic E-state index is 13.8. The molecular formula is C25H36N4O6S2. The number of nitrogens with one attached hydrogen (secondary N) is 2. The van der Waals surface area contributed by atoms with Crippen LogP contribution in [-0.4, -0.2) is 57.4 Å². The van der Waals surface area contributed by atoms with Crippen LogP contribution in [-0.2, 0) is 24.8 Å². The van der Waals surface area contributed by atoms with Gasteiger partial charge in [0.15, 0.2) is 5.84 Å². The van der Waals surface area contributed by atoms with Crippen LogP contribution in [0.15, 0.2) is 38.8 Å². The molecule has 0 radical (unpaired) electrons. The van der Waals surface area contributed by atoms with Crippen molar-refractivity contribution in [2.45, 2.75) is 77.2 Å². The second kappa shape index (κ2) is 9.30. The molecule has 10 nitrogen and oxygen atoms in total. The maximum Gasteiger partial charge on any atom is 0.286 e. The minimum Gasteiger partial charge on any atom is -0.511 e. The van der Waals surface area contributed by atoms with Gasteiger partial charge in [-0.3, -0.25) is 9.52 Å². The SMILES string of the molecule is CC(C)(C)CCC1(C)CN(C2CCCC2)C(=O)C(C2=NS(=O)(=O)c3cc(NS(C)(=O)=O)ccc3N2)=C1O. The van der Waals surface area contributed by atoms with Crippen molar-refractivity contribution in [3.63, 3.8) is 0 Å². The summed E-state index contributed by atoms with van der Waals surface area (Å²) in [4.78, 5) is 15.3. The van der Waals surface area contributed by atoms with E-state index in [1.165, 1.54) is 18.2 Å².